The smallest absolute Gasteiger partial charge is 0.322 e. The fourth-order valence-electron chi connectivity index (χ4n) is 1.46. The second kappa shape index (κ2) is 4.70. The lowest BCUT2D eigenvalue weighted by Gasteiger charge is -2.06. The molecule has 0 amide bonds. The zero-order valence-corrected chi connectivity index (χ0v) is 10.3. The third-order valence-corrected chi connectivity index (χ3v) is 3.47. The molecule has 2 nitrogen and oxygen atoms in total. The number of nitrogens with two attached hydrogens (primary N) is 1. The van der Waals surface area contributed by atoms with Crippen LogP contribution in [0.15, 0.2) is 29.6 Å². The second-order valence-electron chi connectivity index (χ2n) is 3.93. The Kier molecular flexibility index (Phi) is 3.41. The molecule has 1 atom stereocenters. The van der Waals surface area contributed by atoms with Gasteiger partial charge in [-0.2, -0.15) is 13.2 Å². The molecule has 0 saturated carbocycles. The minimum absolute atomic E-state index is 0.168. The van der Waals surface area contributed by atoms with Crippen LogP contribution < -0.4 is 5.73 Å². The van der Waals surface area contributed by atoms with Crippen molar-refractivity contribution in [2.45, 2.75) is 19.1 Å². The monoisotopic (exact) mass is 272 g/mol. The first kappa shape index (κ1) is 13.0. The largest absolute Gasteiger partial charge is 0.416 e. The van der Waals surface area contributed by atoms with E-state index >= 15 is 0 Å². The predicted molar refractivity (Wildman–Crippen MR) is 65.2 cm³/mol. The third kappa shape index (κ3) is 2.70. The van der Waals surface area contributed by atoms with Crippen LogP contribution in [0.5, 0.6) is 0 Å². The van der Waals surface area contributed by atoms with E-state index in [0.717, 1.165) is 17.1 Å². The van der Waals surface area contributed by atoms with Crippen molar-refractivity contribution in [1.82, 2.24) is 4.98 Å². The van der Waals surface area contributed by atoms with Gasteiger partial charge in [0.2, 0.25) is 0 Å². The SMILES string of the molecule is C[C@H](N)c1nc(-c2ccc(C(F)(F)F)cc2)cs1. The molecule has 0 spiro atoms. The molecule has 1 heterocycles. The lowest BCUT2D eigenvalue weighted by atomic mass is 10.1. The first-order valence-electron chi connectivity index (χ1n) is 5.26. The number of aromatic nitrogens is 1. The van der Waals surface area contributed by atoms with Crippen LogP contribution in [0.2, 0.25) is 0 Å². The lowest BCUT2D eigenvalue weighted by molar-refractivity contribution is -0.137. The highest BCUT2D eigenvalue weighted by atomic mass is 32.1. The number of hydrogen-bond acceptors (Lipinski definition) is 3. The van der Waals surface area contributed by atoms with Crippen molar-refractivity contribution in [3.63, 3.8) is 0 Å². The van der Waals surface area contributed by atoms with E-state index in [4.69, 9.17) is 5.73 Å². The summed E-state index contributed by atoms with van der Waals surface area (Å²) in [5.41, 5.74) is 6.34. The summed E-state index contributed by atoms with van der Waals surface area (Å²) in [6.45, 7) is 1.81. The molecule has 2 aromatic rings. The minimum atomic E-state index is -4.31. The van der Waals surface area contributed by atoms with Gasteiger partial charge in [-0.25, -0.2) is 4.98 Å². The Hall–Kier alpha value is -1.40. The summed E-state index contributed by atoms with van der Waals surface area (Å²) in [5.74, 6) is 0. The normalized spacial score (nSPS) is 13.6. The Morgan fingerprint density at radius 2 is 1.83 bits per heavy atom. The molecule has 0 saturated heterocycles. The van der Waals surface area contributed by atoms with E-state index in [1.54, 1.807) is 5.38 Å². The highest BCUT2D eigenvalue weighted by molar-refractivity contribution is 7.10. The van der Waals surface area contributed by atoms with Gasteiger partial charge < -0.3 is 5.73 Å². The molecule has 0 aliphatic heterocycles. The summed E-state index contributed by atoms with van der Waals surface area (Å²) in [6, 6.07) is 4.78. The number of nitrogens with zero attached hydrogens (tertiary/aromatic N) is 1. The van der Waals surface area contributed by atoms with E-state index in [-0.39, 0.29) is 6.04 Å². The van der Waals surface area contributed by atoms with Crippen LogP contribution in [0.3, 0.4) is 0 Å². The van der Waals surface area contributed by atoms with Crippen molar-refractivity contribution in [1.29, 1.82) is 0 Å². The lowest BCUT2D eigenvalue weighted by Crippen LogP contribution is -2.04. The fraction of sp³-hybridized carbons (Fsp3) is 0.250. The topological polar surface area (TPSA) is 38.9 Å². The van der Waals surface area contributed by atoms with Crippen molar-refractivity contribution >= 4 is 11.3 Å². The van der Waals surface area contributed by atoms with Crippen LogP contribution in [0.25, 0.3) is 11.3 Å². The molecule has 0 aliphatic carbocycles. The number of thiazole rings is 1. The van der Waals surface area contributed by atoms with E-state index in [2.05, 4.69) is 4.98 Å². The van der Waals surface area contributed by atoms with E-state index in [1.165, 1.54) is 23.5 Å². The van der Waals surface area contributed by atoms with E-state index in [0.29, 0.717) is 11.3 Å². The van der Waals surface area contributed by atoms with Gasteiger partial charge in [0.1, 0.15) is 5.01 Å². The molecule has 1 aromatic heterocycles. The van der Waals surface area contributed by atoms with Gasteiger partial charge in [-0.1, -0.05) is 12.1 Å². The molecule has 96 valence electrons. The molecule has 6 heteroatoms. The number of halogens is 3. The average Bonchev–Trinajstić information content (AvgIpc) is 2.77. The second-order valence-corrected chi connectivity index (χ2v) is 4.82. The summed E-state index contributed by atoms with van der Waals surface area (Å²) in [4.78, 5) is 4.28. The van der Waals surface area contributed by atoms with Crippen LogP contribution >= 0.6 is 11.3 Å². The van der Waals surface area contributed by atoms with Gasteiger partial charge in [0.25, 0.3) is 0 Å². The van der Waals surface area contributed by atoms with Crippen molar-refractivity contribution in [2.24, 2.45) is 5.73 Å². The van der Waals surface area contributed by atoms with Crippen molar-refractivity contribution in [3.05, 3.63) is 40.2 Å². The Morgan fingerprint density at radius 3 is 2.28 bits per heavy atom. The number of rotatable bonds is 2. The summed E-state index contributed by atoms with van der Waals surface area (Å²) in [7, 11) is 0. The maximum atomic E-state index is 12.4. The minimum Gasteiger partial charge on any atom is -0.322 e. The molecule has 0 bridgehead atoms. The quantitative estimate of drug-likeness (QED) is 0.901. The maximum absolute atomic E-state index is 12.4. The summed E-state index contributed by atoms with van der Waals surface area (Å²) >= 11 is 1.40. The van der Waals surface area contributed by atoms with Crippen LogP contribution in [-0.4, -0.2) is 4.98 Å². The maximum Gasteiger partial charge on any atom is 0.416 e. The fourth-order valence-corrected chi connectivity index (χ4v) is 2.25. The van der Waals surface area contributed by atoms with Crippen LogP contribution in [0.4, 0.5) is 13.2 Å². The van der Waals surface area contributed by atoms with E-state index in [1.807, 2.05) is 6.92 Å². The Bertz CT molecular complexity index is 529. The molecule has 0 fully saturated rings. The van der Waals surface area contributed by atoms with Crippen LogP contribution in [0.1, 0.15) is 23.5 Å². The third-order valence-electron chi connectivity index (χ3n) is 2.42. The van der Waals surface area contributed by atoms with Gasteiger partial charge >= 0.3 is 6.18 Å². The van der Waals surface area contributed by atoms with Gasteiger partial charge in [-0.15, -0.1) is 11.3 Å². The molecule has 0 aliphatic rings. The molecule has 1 aromatic carbocycles. The Labute approximate surface area is 106 Å². The van der Waals surface area contributed by atoms with Crippen molar-refractivity contribution in [3.8, 4) is 11.3 Å². The zero-order chi connectivity index (χ0) is 13.3. The zero-order valence-electron chi connectivity index (χ0n) is 9.53. The molecule has 2 N–H and O–H groups in total. The van der Waals surface area contributed by atoms with E-state index < -0.39 is 11.7 Å². The molecular weight excluding hydrogens is 261 g/mol. The van der Waals surface area contributed by atoms with Gasteiger partial charge in [-0.3, -0.25) is 0 Å². The van der Waals surface area contributed by atoms with Gasteiger partial charge in [0.05, 0.1) is 17.3 Å². The van der Waals surface area contributed by atoms with Crippen molar-refractivity contribution in [2.75, 3.05) is 0 Å². The molecule has 18 heavy (non-hydrogen) atoms. The first-order chi connectivity index (χ1) is 8.38. The average molecular weight is 272 g/mol. The highest BCUT2D eigenvalue weighted by Crippen LogP contribution is 2.31. The summed E-state index contributed by atoms with van der Waals surface area (Å²) < 4.78 is 37.2. The van der Waals surface area contributed by atoms with Gasteiger partial charge in [-0.05, 0) is 19.1 Å². The van der Waals surface area contributed by atoms with Crippen LogP contribution in [0, 0.1) is 0 Å². The number of hydrogen-bond donors (Lipinski definition) is 1. The Balaban J connectivity index is 2.29. The van der Waals surface area contributed by atoms with Gasteiger partial charge in [0, 0.05) is 10.9 Å². The molecular formula is C12H11F3N2S. The predicted octanol–water partition coefficient (Wildman–Crippen LogP) is 3.85. The number of alkyl halides is 3. The van der Waals surface area contributed by atoms with E-state index in [9.17, 15) is 13.2 Å². The summed E-state index contributed by atoms with van der Waals surface area (Å²) in [5, 5.41) is 2.56. The standard InChI is InChI=1S/C12H11F3N2S/c1-7(16)11-17-10(6-18-11)8-2-4-9(5-3-8)12(13,14)15/h2-7H,16H2,1H3/t7-/m0/s1. The van der Waals surface area contributed by atoms with Crippen LogP contribution in [-0.2, 0) is 6.18 Å². The molecule has 0 unspecified atom stereocenters. The van der Waals surface area contributed by atoms with Gasteiger partial charge in [0.15, 0.2) is 0 Å². The molecule has 2 rings (SSSR count). The molecule has 0 radical (unpaired) electrons. The first-order valence-corrected chi connectivity index (χ1v) is 6.14. The Morgan fingerprint density at radius 1 is 1.22 bits per heavy atom. The summed E-state index contributed by atoms with van der Waals surface area (Å²) in [6.07, 6.45) is -4.31. The van der Waals surface area contributed by atoms with Crippen molar-refractivity contribution < 1.29 is 13.2 Å². The number of benzene rings is 1. The highest BCUT2D eigenvalue weighted by Gasteiger charge is 2.30.